The van der Waals surface area contributed by atoms with E-state index in [4.69, 9.17) is 5.11 Å². The van der Waals surface area contributed by atoms with E-state index in [1.165, 1.54) is 23.1 Å². The zero-order valence-corrected chi connectivity index (χ0v) is 10.2. The van der Waals surface area contributed by atoms with Crippen LogP contribution < -0.4 is 5.32 Å². The van der Waals surface area contributed by atoms with Crippen LogP contribution in [0.25, 0.3) is 0 Å². The summed E-state index contributed by atoms with van der Waals surface area (Å²) in [5.41, 5.74) is 1.10. The van der Waals surface area contributed by atoms with Crippen LogP contribution in [0.4, 0.5) is 16.2 Å². The van der Waals surface area contributed by atoms with E-state index in [2.05, 4.69) is 5.32 Å². The maximum Gasteiger partial charge on any atom is 0.321 e. The Balaban J connectivity index is 2.79. The average Bonchev–Trinajstić information content (AvgIpc) is 2.31. The largest absolute Gasteiger partial charge is 0.395 e. The van der Waals surface area contributed by atoms with E-state index >= 15 is 0 Å². The monoisotopic (exact) mass is 253 g/mol. The first kappa shape index (κ1) is 13.9. The van der Waals surface area contributed by atoms with Crippen molar-refractivity contribution in [3.63, 3.8) is 0 Å². The normalized spacial score (nSPS) is 9.94. The molecule has 0 unspecified atom stereocenters. The van der Waals surface area contributed by atoms with Crippen LogP contribution >= 0.6 is 0 Å². The summed E-state index contributed by atoms with van der Waals surface area (Å²) in [6.07, 6.45) is 0. The standard InChI is InChI=1S/C11H15N3O4/c1-8-7-9(14(17)18)3-4-10(8)12-11(16)13(2)5-6-15/h3-4,7,15H,5-6H2,1-2H3,(H,12,16). The van der Waals surface area contributed by atoms with Crippen LogP contribution in [0.1, 0.15) is 5.56 Å². The number of aliphatic hydroxyl groups excluding tert-OH is 1. The number of nitro benzene ring substituents is 1. The maximum atomic E-state index is 11.6. The predicted octanol–water partition coefficient (Wildman–Crippen LogP) is 1.36. The smallest absolute Gasteiger partial charge is 0.321 e. The van der Waals surface area contributed by atoms with Gasteiger partial charge in [-0.15, -0.1) is 0 Å². The molecule has 2 N–H and O–H groups in total. The summed E-state index contributed by atoms with van der Waals surface area (Å²) in [4.78, 5) is 23.0. The minimum absolute atomic E-state index is 0.0192. The molecular weight excluding hydrogens is 238 g/mol. The molecule has 18 heavy (non-hydrogen) atoms. The molecule has 0 atom stereocenters. The second kappa shape index (κ2) is 5.97. The molecule has 0 bridgehead atoms. The average molecular weight is 253 g/mol. The number of nitrogens with one attached hydrogen (secondary N) is 1. The minimum atomic E-state index is -0.490. The zero-order chi connectivity index (χ0) is 13.7. The molecule has 1 rings (SSSR count). The number of nitrogens with zero attached hydrogens (tertiary/aromatic N) is 2. The van der Waals surface area contributed by atoms with E-state index in [1.54, 1.807) is 14.0 Å². The molecule has 0 heterocycles. The number of hydrogen-bond acceptors (Lipinski definition) is 4. The fourth-order valence-electron chi connectivity index (χ4n) is 1.36. The van der Waals surface area contributed by atoms with E-state index in [0.29, 0.717) is 11.3 Å². The number of carbonyl (C=O) groups excluding carboxylic acids is 1. The molecule has 98 valence electrons. The molecule has 0 aliphatic rings. The summed E-state index contributed by atoms with van der Waals surface area (Å²) >= 11 is 0. The molecule has 0 radical (unpaired) electrons. The summed E-state index contributed by atoms with van der Waals surface area (Å²) in [6.45, 7) is 1.77. The third-order valence-corrected chi connectivity index (χ3v) is 2.44. The highest BCUT2D eigenvalue weighted by Crippen LogP contribution is 2.21. The van der Waals surface area contributed by atoms with Gasteiger partial charge in [0.15, 0.2) is 0 Å². The van der Waals surface area contributed by atoms with Gasteiger partial charge in [-0.1, -0.05) is 0 Å². The lowest BCUT2D eigenvalue weighted by Gasteiger charge is -2.17. The summed E-state index contributed by atoms with van der Waals surface area (Å²) in [5, 5.41) is 21.9. The molecule has 7 nitrogen and oxygen atoms in total. The van der Waals surface area contributed by atoms with Crippen molar-refractivity contribution in [1.82, 2.24) is 4.90 Å². The number of urea groups is 1. The van der Waals surface area contributed by atoms with Crippen LogP contribution in [0.2, 0.25) is 0 Å². The molecule has 0 aromatic heterocycles. The number of benzene rings is 1. The summed E-state index contributed by atoms with van der Waals surface area (Å²) in [6, 6.07) is 3.83. The van der Waals surface area contributed by atoms with Crippen LogP contribution in [-0.4, -0.2) is 41.2 Å². The van der Waals surface area contributed by atoms with Gasteiger partial charge in [-0.2, -0.15) is 0 Å². The molecule has 1 aromatic rings. The number of aryl methyl sites for hydroxylation is 1. The fraction of sp³-hybridized carbons (Fsp3) is 0.364. The van der Waals surface area contributed by atoms with Crippen LogP contribution in [0.5, 0.6) is 0 Å². The molecule has 0 saturated heterocycles. The number of rotatable bonds is 4. The van der Waals surface area contributed by atoms with E-state index < -0.39 is 4.92 Å². The van der Waals surface area contributed by atoms with Crippen molar-refractivity contribution >= 4 is 17.4 Å². The lowest BCUT2D eigenvalue weighted by molar-refractivity contribution is -0.384. The topological polar surface area (TPSA) is 95.7 Å². The summed E-state index contributed by atoms with van der Waals surface area (Å²) in [7, 11) is 1.55. The quantitative estimate of drug-likeness (QED) is 0.625. The van der Waals surface area contributed by atoms with Crippen LogP contribution in [-0.2, 0) is 0 Å². The second-order valence-electron chi connectivity index (χ2n) is 3.83. The Morgan fingerprint density at radius 1 is 1.56 bits per heavy atom. The van der Waals surface area contributed by atoms with Crippen molar-refractivity contribution in [2.45, 2.75) is 6.92 Å². The van der Waals surface area contributed by atoms with Crippen molar-refractivity contribution in [2.75, 3.05) is 25.5 Å². The Hall–Kier alpha value is -2.15. The lowest BCUT2D eigenvalue weighted by Crippen LogP contribution is -2.33. The second-order valence-corrected chi connectivity index (χ2v) is 3.83. The number of anilines is 1. The van der Waals surface area contributed by atoms with Gasteiger partial charge in [0.2, 0.25) is 0 Å². The highest BCUT2D eigenvalue weighted by Gasteiger charge is 2.12. The van der Waals surface area contributed by atoms with Gasteiger partial charge in [-0.05, 0) is 18.6 Å². The zero-order valence-electron chi connectivity index (χ0n) is 10.2. The molecule has 7 heteroatoms. The number of amides is 2. The van der Waals surface area contributed by atoms with E-state index in [9.17, 15) is 14.9 Å². The molecular formula is C11H15N3O4. The molecule has 0 aliphatic heterocycles. The van der Waals surface area contributed by atoms with E-state index in [-0.39, 0.29) is 24.9 Å². The van der Waals surface area contributed by atoms with Crippen molar-refractivity contribution in [3.05, 3.63) is 33.9 Å². The number of likely N-dealkylation sites (N-methyl/N-ethyl adjacent to an activating group) is 1. The van der Waals surface area contributed by atoms with Crippen LogP contribution in [0, 0.1) is 17.0 Å². The minimum Gasteiger partial charge on any atom is -0.395 e. The Kier molecular flexibility index (Phi) is 4.61. The lowest BCUT2D eigenvalue weighted by atomic mass is 10.2. The Labute approximate surface area is 104 Å². The summed E-state index contributed by atoms with van der Waals surface area (Å²) < 4.78 is 0. The van der Waals surface area contributed by atoms with Gasteiger partial charge < -0.3 is 15.3 Å². The number of non-ortho nitro benzene ring substituents is 1. The van der Waals surface area contributed by atoms with Crippen LogP contribution in [0.3, 0.4) is 0 Å². The molecule has 0 spiro atoms. The highest BCUT2D eigenvalue weighted by atomic mass is 16.6. The van der Waals surface area contributed by atoms with Gasteiger partial charge in [0.05, 0.1) is 11.5 Å². The first-order chi connectivity index (χ1) is 8.45. The Morgan fingerprint density at radius 3 is 2.72 bits per heavy atom. The molecule has 2 amide bonds. The fourth-order valence-corrected chi connectivity index (χ4v) is 1.36. The first-order valence-corrected chi connectivity index (χ1v) is 5.33. The first-order valence-electron chi connectivity index (χ1n) is 5.33. The molecule has 0 saturated carbocycles. The summed E-state index contributed by atoms with van der Waals surface area (Å²) in [5.74, 6) is 0. The van der Waals surface area contributed by atoms with E-state index in [1.807, 2.05) is 0 Å². The molecule has 0 fully saturated rings. The van der Waals surface area contributed by atoms with Gasteiger partial charge >= 0.3 is 6.03 Å². The SMILES string of the molecule is Cc1cc([N+](=O)[O-])ccc1NC(=O)N(C)CCO. The number of nitro groups is 1. The van der Waals surface area contributed by atoms with Crippen molar-refractivity contribution < 1.29 is 14.8 Å². The van der Waals surface area contributed by atoms with Gasteiger partial charge in [-0.3, -0.25) is 10.1 Å². The van der Waals surface area contributed by atoms with Gasteiger partial charge in [-0.25, -0.2) is 4.79 Å². The van der Waals surface area contributed by atoms with Crippen molar-refractivity contribution in [1.29, 1.82) is 0 Å². The predicted molar refractivity (Wildman–Crippen MR) is 66.6 cm³/mol. The van der Waals surface area contributed by atoms with Crippen molar-refractivity contribution in [3.8, 4) is 0 Å². The third-order valence-electron chi connectivity index (χ3n) is 2.44. The number of aliphatic hydroxyl groups is 1. The van der Waals surface area contributed by atoms with Gasteiger partial charge in [0.25, 0.3) is 5.69 Å². The highest BCUT2D eigenvalue weighted by molar-refractivity contribution is 5.90. The van der Waals surface area contributed by atoms with Gasteiger partial charge in [0, 0.05) is 31.4 Å². The van der Waals surface area contributed by atoms with Crippen molar-refractivity contribution in [2.24, 2.45) is 0 Å². The molecule has 1 aromatic carbocycles. The molecule has 0 aliphatic carbocycles. The maximum absolute atomic E-state index is 11.6. The van der Waals surface area contributed by atoms with Gasteiger partial charge in [0.1, 0.15) is 0 Å². The van der Waals surface area contributed by atoms with E-state index in [0.717, 1.165) is 0 Å². The Morgan fingerprint density at radius 2 is 2.22 bits per heavy atom. The number of carbonyl (C=O) groups is 1. The van der Waals surface area contributed by atoms with Crippen LogP contribution in [0.15, 0.2) is 18.2 Å². The third kappa shape index (κ3) is 3.42. The Bertz CT molecular complexity index is 462. The number of hydrogen-bond donors (Lipinski definition) is 2.